The number of hydrogen-bond donors (Lipinski definition) is 2. The van der Waals surface area contributed by atoms with Crippen molar-refractivity contribution in [2.24, 2.45) is 5.92 Å². The maximum absolute atomic E-state index is 13.8. The SMILES string of the molecule is CCOC(=O)C1[C@H]2c3nc(c(-c4ccccc4)c4ccc([nH]4)c(-c4ccccc4)c4nc(c(-c5ccccc5)c5ccc([nH]5)c3-c3ccccc3)C=C4)[C@@H]12. The topological polar surface area (TPSA) is 83.7 Å². The zero-order chi connectivity index (χ0) is 36.2. The molecule has 6 heteroatoms. The number of ether oxygens (including phenoxy) is 1. The van der Waals surface area contributed by atoms with Gasteiger partial charge in [0.25, 0.3) is 0 Å². The summed E-state index contributed by atoms with van der Waals surface area (Å²) in [6.07, 6.45) is 4.24. The van der Waals surface area contributed by atoms with Crippen molar-refractivity contribution in [3.63, 3.8) is 0 Å². The van der Waals surface area contributed by atoms with E-state index in [1.54, 1.807) is 0 Å². The molecule has 3 atom stereocenters. The lowest BCUT2D eigenvalue weighted by Crippen LogP contribution is -2.10. The number of carbonyl (C=O) groups excluding carboxylic acids is 1. The molecule has 3 aromatic heterocycles. The number of fused-ring (bicyclic) bond motifs is 11. The molecule has 5 heterocycles. The normalized spacial score (nSPS) is 16.9. The second kappa shape index (κ2) is 13.0. The van der Waals surface area contributed by atoms with Crippen LogP contribution in [-0.2, 0) is 9.53 Å². The lowest BCUT2D eigenvalue weighted by atomic mass is 10.0. The van der Waals surface area contributed by atoms with Gasteiger partial charge < -0.3 is 14.7 Å². The summed E-state index contributed by atoms with van der Waals surface area (Å²) in [6, 6.07) is 50.2. The molecule has 10 rings (SSSR count). The molecule has 4 aromatic carbocycles. The van der Waals surface area contributed by atoms with Crippen LogP contribution in [-0.4, -0.2) is 32.5 Å². The van der Waals surface area contributed by atoms with Gasteiger partial charge in [0, 0.05) is 56.2 Å². The van der Waals surface area contributed by atoms with Gasteiger partial charge in [-0.05, 0) is 65.6 Å². The van der Waals surface area contributed by atoms with Crippen molar-refractivity contribution < 1.29 is 9.53 Å². The number of nitrogens with one attached hydrogen (secondary N) is 2. The number of aromatic nitrogens is 4. The monoisotopic (exact) mass is 700 g/mol. The molecule has 260 valence electrons. The number of esters is 1. The number of carbonyl (C=O) groups is 1. The Kier molecular flexibility index (Phi) is 7.69. The third kappa shape index (κ3) is 5.29. The summed E-state index contributed by atoms with van der Waals surface area (Å²) >= 11 is 0. The molecule has 0 radical (unpaired) electrons. The summed E-state index contributed by atoms with van der Waals surface area (Å²) in [4.78, 5) is 32.4. The van der Waals surface area contributed by atoms with Crippen LogP contribution < -0.4 is 0 Å². The molecule has 8 bridgehead atoms. The van der Waals surface area contributed by atoms with E-state index in [0.717, 1.165) is 89.4 Å². The van der Waals surface area contributed by atoms with Crippen LogP contribution in [0.1, 0.15) is 41.5 Å². The summed E-state index contributed by atoms with van der Waals surface area (Å²) < 4.78 is 5.73. The first-order valence-electron chi connectivity index (χ1n) is 18.5. The predicted molar refractivity (Wildman–Crippen MR) is 217 cm³/mol. The van der Waals surface area contributed by atoms with Gasteiger partial charge in [-0.2, -0.15) is 0 Å². The third-order valence-corrected chi connectivity index (χ3v) is 10.8. The van der Waals surface area contributed by atoms with Gasteiger partial charge in [-0.25, -0.2) is 4.98 Å². The average molecular weight is 701 g/mol. The van der Waals surface area contributed by atoms with E-state index in [2.05, 4.69) is 143 Å². The Labute approximate surface area is 312 Å². The molecule has 2 aliphatic heterocycles. The minimum atomic E-state index is -0.338. The Morgan fingerprint density at radius 2 is 0.852 bits per heavy atom. The van der Waals surface area contributed by atoms with Gasteiger partial charge in [-0.1, -0.05) is 121 Å². The Bertz CT molecular complexity index is 2570. The zero-order valence-corrected chi connectivity index (χ0v) is 29.7. The van der Waals surface area contributed by atoms with Crippen LogP contribution >= 0.6 is 0 Å². The molecular weight excluding hydrogens is 665 g/mol. The highest BCUT2D eigenvalue weighted by Gasteiger charge is 2.63. The van der Waals surface area contributed by atoms with Crippen molar-refractivity contribution in [1.29, 1.82) is 0 Å². The number of H-pyrrole nitrogens is 2. The van der Waals surface area contributed by atoms with Crippen LogP contribution in [0.2, 0.25) is 0 Å². The minimum Gasteiger partial charge on any atom is -0.466 e. The molecule has 0 amide bonds. The molecule has 0 spiro atoms. The molecule has 1 fully saturated rings. The standard InChI is InChI=1S/C48H36N4O2/c1-2-54-48(53)45-43-44(45)47-42(32-21-13-6-14-22-32)38-28-26-36(51-38)40(30-17-9-4-10-18-30)34-24-23-33(49-34)39(29-15-7-3-8-16-29)35-25-27-37(50-35)41(46(43)52-47)31-19-11-5-12-20-31/h3-28,43-45,50-51H,2H2,1H3/t43-,44+,45?. The van der Waals surface area contributed by atoms with E-state index in [9.17, 15) is 4.79 Å². The average Bonchev–Trinajstić information content (AvgIpc) is 3.74. The number of nitrogens with zero attached hydrogens (tertiary/aromatic N) is 2. The molecule has 1 unspecified atom stereocenters. The van der Waals surface area contributed by atoms with Gasteiger partial charge in [-0.3, -0.25) is 9.78 Å². The first-order chi connectivity index (χ1) is 26.7. The van der Waals surface area contributed by atoms with Gasteiger partial charge in [0.2, 0.25) is 0 Å². The minimum absolute atomic E-state index is 0.132. The van der Waals surface area contributed by atoms with Crippen molar-refractivity contribution in [2.45, 2.75) is 18.8 Å². The Morgan fingerprint density at radius 1 is 0.500 bits per heavy atom. The van der Waals surface area contributed by atoms with E-state index in [-0.39, 0.29) is 23.7 Å². The molecule has 1 saturated carbocycles. The van der Waals surface area contributed by atoms with E-state index in [1.807, 2.05) is 31.2 Å². The van der Waals surface area contributed by atoms with Crippen LogP contribution in [0.5, 0.6) is 0 Å². The first kappa shape index (κ1) is 31.9. The number of rotatable bonds is 6. The van der Waals surface area contributed by atoms with Gasteiger partial charge >= 0.3 is 5.97 Å². The van der Waals surface area contributed by atoms with Crippen molar-refractivity contribution in [3.8, 4) is 44.5 Å². The highest BCUT2D eigenvalue weighted by molar-refractivity contribution is 5.98. The fourth-order valence-corrected chi connectivity index (χ4v) is 8.45. The van der Waals surface area contributed by atoms with Crippen molar-refractivity contribution in [2.75, 3.05) is 6.61 Å². The molecule has 2 N–H and O–H groups in total. The van der Waals surface area contributed by atoms with Gasteiger partial charge in [0.15, 0.2) is 0 Å². The Morgan fingerprint density at radius 3 is 1.22 bits per heavy atom. The highest BCUT2D eigenvalue weighted by Crippen LogP contribution is 2.66. The van der Waals surface area contributed by atoms with E-state index in [1.165, 1.54) is 0 Å². The predicted octanol–water partition coefficient (Wildman–Crippen LogP) is 11.2. The molecule has 0 saturated heterocycles. The van der Waals surface area contributed by atoms with E-state index in [4.69, 9.17) is 14.7 Å². The van der Waals surface area contributed by atoms with Gasteiger partial charge in [-0.15, -0.1) is 0 Å². The van der Waals surface area contributed by atoms with E-state index in [0.29, 0.717) is 6.61 Å². The summed E-state index contributed by atoms with van der Waals surface area (Å²) in [5.74, 6) is -0.779. The quantitative estimate of drug-likeness (QED) is 0.169. The fourth-order valence-electron chi connectivity index (χ4n) is 8.45. The van der Waals surface area contributed by atoms with E-state index >= 15 is 0 Å². The summed E-state index contributed by atoms with van der Waals surface area (Å²) in [6.45, 7) is 2.20. The van der Waals surface area contributed by atoms with E-state index < -0.39 is 0 Å². The fraction of sp³-hybridized carbons (Fsp3) is 0.104. The van der Waals surface area contributed by atoms with Crippen LogP contribution in [0.3, 0.4) is 0 Å². The molecule has 7 aromatic rings. The van der Waals surface area contributed by atoms with Crippen LogP contribution in [0.25, 0.3) is 78.7 Å². The van der Waals surface area contributed by atoms with Gasteiger partial charge in [0.1, 0.15) is 0 Å². The molecule has 3 aliphatic rings. The third-order valence-electron chi connectivity index (χ3n) is 10.8. The molecular formula is C48H36N4O2. The smallest absolute Gasteiger partial charge is 0.310 e. The summed E-state index contributed by atoms with van der Waals surface area (Å²) in [5, 5.41) is 0. The van der Waals surface area contributed by atoms with Crippen molar-refractivity contribution in [3.05, 3.63) is 168 Å². The number of aromatic amines is 2. The molecule has 54 heavy (non-hydrogen) atoms. The zero-order valence-electron chi connectivity index (χ0n) is 29.7. The second-order valence-electron chi connectivity index (χ2n) is 14.0. The van der Waals surface area contributed by atoms with Crippen molar-refractivity contribution in [1.82, 2.24) is 19.9 Å². The molecule has 1 aliphatic carbocycles. The lowest BCUT2D eigenvalue weighted by molar-refractivity contribution is -0.145. The van der Waals surface area contributed by atoms with Crippen molar-refractivity contribution >= 4 is 40.2 Å². The van der Waals surface area contributed by atoms with Crippen LogP contribution in [0.15, 0.2) is 146 Å². The Hall–Kier alpha value is -6.79. The van der Waals surface area contributed by atoms with Crippen LogP contribution in [0.4, 0.5) is 0 Å². The largest absolute Gasteiger partial charge is 0.466 e. The lowest BCUT2D eigenvalue weighted by Gasteiger charge is -2.10. The highest BCUT2D eigenvalue weighted by atomic mass is 16.5. The van der Waals surface area contributed by atoms with Gasteiger partial charge in [0.05, 0.1) is 35.3 Å². The summed E-state index contributed by atoms with van der Waals surface area (Å²) in [5.41, 5.74) is 15.4. The number of hydrogen-bond acceptors (Lipinski definition) is 4. The summed E-state index contributed by atoms with van der Waals surface area (Å²) in [7, 11) is 0. The maximum Gasteiger partial charge on any atom is 0.310 e. The maximum atomic E-state index is 13.8. The number of benzene rings is 4. The first-order valence-corrected chi connectivity index (χ1v) is 18.5. The molecule has 6 nitrogen and oxygen atoms in total. The van der Waals surface area contributed by atoms with Crippen LogP contribution in [0, 0.1) is 5.92 Å². The Balaban J connectivity index is 1.41. The second-order valence-corrected chi connectivity index (χ2v) is 14.0.